The highest BCUT2D eigenvalue weighted by atomic mass is 19.4. The Balaban J connectivity index is 2.60. The van der Waals surface area contributed by atoms with Gasteiger partial charge in [-0.1, -0.05) is 13.8 Å². The number of nitrogens with zero attached hydrogens (tertiary/aromatic N) is 2. The van der Waals surface area contributed by atoms with Crippen LogP contribution in [-0.4, -0.2) is 51.8 Å². The van der Waals surface area contributed by atoms with Crippen LogP contribution in [0.2, 0.25) is 0 Å². The van der Waals surface area contributed by atoms with Gasteiger partial charge < -0.3 is 26.0 Å². The number of nitrogens with two attached hydrogens (primary N) is 1. The molecule has 0 bridgehead atoms. The van der Waals surface area contributed by atoms with Crippen molar-refractivity contribution in [2.24, 2.45) is 18.7 Å². The van der Waals surface area contributed by atoms with Gasteiger partial charge in [0.1, 0.15) is 5.82 Å². The molecule has 2 atom stereocenters. The molecule has 1 unspecified atom stereocenters. The van der Waals surface area contributed by atoms with E-state index in [1.165, 1.54) is 13.2 Å². The van der Waals surface area contributed by atoms with Crippen LogP contribution in [0.15, 0.2) is 12.4 Å². The van der Waals surface area contributed by atoms with Crippen LogP contribution in [0.25, 0.3) is 0 Å². The van der Waals surface area contributed by atoms with Gasteiger partial charge in [0.25, 0.3) is 0 Å². The van der Waals surface area contributed by atoms with Gasteiger partial charge in [-0.15, -0.1) is 0 Å². The number of nitrogens with one attached hydrogen (secondary N) is 2. The van der Waals surface area contributed by atoms with Crippen LogP contribution in [0, 0.1) is 5.92 Å². The second-order valence-corrected chi connectivity index (χ2v) is 6.31. The first-order valence-electron chi connectivity index (χ1n) is 7.97. The van der Waals surface area contributed by atoms with Crippen molar-refractivity contribution in [1.29, 1.82) is 0 Å². The van der Waals surface area contributed by atoms with Crippen LogP contribution in [0.1, 0.15) is 26.1 Å². The Kier molecular flexibility index (Phi) is 7.16. The minimum atomic E-state index is -4.98. The number of aromatic nitrogens is 2. The summed E-state index contributed by atoms with van der Waals surface area (Å²) < 4.78 is 41.0. The normalized spacial score (nSPS) is 15.4. The van der Waals surface area contributed by atoms with E-state index in [9.17, 15) is 27.9 Å². The minimum Gasteiger partial charge on any atom is -0.374 e. The highest BCUT2D eigenvalue weighted by Gasteiger charge is 2.57. The zero-order chi connectivity index (χ0) is 20.1. The molecule has 0 radical (unpaired) electrons. The van der Waals surface area contributed by atoms with Crippen LogP contribution in [0.4, 0.5) is 13.2 Å². The smallest absolute Gasteiger partial charge is 0.374 e. The molecule has 148 valence electrons. The van der Waals surface area contributed by atoms with Crippen molar-refractivity contribution in [2.45, 2.75) is 38.1 Å². The predicted molar refractivity (Wildman–Crippen MR) is 86.6 cm³/mol. The van der Waals surface area contributed by atoms with Gasteiger partial charge in [-0.3, -0.25) is 9.59 Å². The van der Waals surface area contributed by atoms with Crippen molar-refractivity contribution in [1.82, 2.24) is 20.2 Å². The lowest BCUT2D eigenvalue weighted by Gasteiger charge is -2.30. The Morgan fingerprint density at radius 3 is 2.42 bits per heavy atom. The third-order valence-corrected chi connectivity index (χ3v) is 3.91. The van der Waals surface area contributed by atoms with Crippen molar-refractivity contribution in [3.63, 3.8) is 0 Å². The molecule has 0 saturated heterocycles. The molecule has 11 heteroatoms. The minimum absolute atomic E-state index is 0.127. The molecule has 0 aliphatic carbocycles. The number of alkyl halides is 3. The molecule has 8 nitrogen and oxygen atoms in total. The topological polar surface area (TPSA) is 122 Å². The Labute approximate surface area is 149 Å². The summed E-state index contributed by atoms with van der Waals surface area (Å²) in [4.78, 5) is 26.9. The van der Waals surface area contributed by atoms with Crippen LogP contribution >= 0.6 is 0 Å². The number of hydrogen-bond acceptors (Lipinski definition) is 5. The maximum Gasteiger partial charge on any atom is 0.424 e. The molecule has 0 spiro atoms. The molecule has 2 amide bonds. The molecule has 26 heavy (non-hydrogen) atoms. The maximum atomic E-state index is 13.3. The van der Waals surface area contributed by atoms with Gasteiger partial charge in [0.15, 0.2) is 0 Å². The average molecular weight is 379 g/mol. The summed E-state index contributed by atoms with van der Waals surface area (Å²) in [5, 5.41) is 14.6. The maximum absolute atomic E-state index is 13.3. The molecule has 1 heterocycles. The van der Waals surface area contributed by atoms with E-state index in [0.717, 1.165) is 10.8 Å². The number of aliphatic hydroxyl groups is 1. The van der Waals surface area contributed by atoms with Crippen LogP contribution < -0.4 is 16.4 Å². The molecule has 1 aromatic rings. The Morgan fingerprint density at radius 2 is 1.96 bits per heavy atom. The van der Waals surface area contributed by atoms with Gasteiger partial charge in [-0.25, -0.2) is 4.98 Å². The van der Waals surface area contributed by atoms with E-state index in [2.05, 4.69) is 15.6 Å². The molecule has 0 aliphatic heterocycles. The summed E-state index contributed by atoms with van der Waals surface area (Å²) in [6, 6.07) is -0.790. The molecule has 1 rings (SSSR count). The van der Waals surface area contributed by atoms with Crippen LogP contribution in [-0.2, 0) is 22.2 Å². The molecular formula is C15H24F3N5O3. The summed E-state index contributed by atoms with van der Waals surface area (Å²) in [6.07, 6.45) is -3.39. The molecule has 5 N–H and O–H groups in total. The lowest BCUT2D eigenvalue weighted by Crippen LogP contribution is -2.49. The van der Waals surface area contributed by atoms with Gasteiger partial charge in [0.2, 0.25) is 17.4 Å². The summed E-state index contributed by atoms with van der Waals surface area (Å²) in [7, 11) is 1.32. The lowest BCUT2D eigenvalue weighted by molar-refractivity contribution is -0.272. The fourth-order valence-corrected chi connectivity index (χ4v) is 2.18. The van der Waals surface area contributed by atoms with E-state index in [0.29, 0.717) is 0 Å². The second-order valence-electron chi connectivity index (χ2n) is 6.31. The lowest BCUT2D eigenvalue weighted by atomic mass is 9.97. The standard InChI is InChI=1S/C15H24F3N5O3/c1-9(2)11(19)12(25)22-8-10(24)20-5-4-14(26,15(16,17)18)13-21-6-7-23(13)3/h6-7,9,11,26H,4-5,8,19H2,1-3H3,(H,20,24)(H,22,25)/t11-,14?/m0/s1. The van der Waals surface area contributed by atoms with E-state index in [-0.39, 0.29) is 5.92 Å². The predicted octanol–water partition coefficient (Wildman–Crippen LogP) is -0.224. The number of aryl methyl sites for hydroxylation is 1. The summed E-state index contributed by atoms with van der Waals surface area (Å²) >= 11 is 0. The van der Waals surface area contributed by atoms with E-state index >= 15 is 0 Å². The van der Waals surface area contributed by atoms with Gasteiger partial charge in [-0.05, 0) is 5.92 Å². The summed E-state index contributed by atoms with van der Waals surface area (Å²) in [6.45, 7) is 2.58. The van der Waals surface area contributed by atoms with Gasteiger partial charge >= 0.3 is 6.18 Å². The number of rotatable bonds is 8. The van der Waals surface area contributed by atoms with Crippen LogP contribution in [0.5, 0.6) is 0 Å². The summed E-state index contributed by atoms with van der Waals surface area (Å²) in [5.74, 6) is -1.93. The molecule has 1 aromatic heterocycles. The largest absolute Gasteiger partial charge is 0.424 e. The number of amides is 2. The summed E-state index contributed by atoms with van der Waals surface area (Å²) in [5.41, 5.74) is 2.40. The number of halogens is 3. The van der Waals surface area contributed by atoms with Crippen LogP contribution in [0.3, 0.4) is 0 Å². The Bertz CT molecular complexity index is 632. The Hall–Kier alpha value is -2.14. The highest BCUT2D eigenvalue weighted by Crippen LogP contribution is 2.40. The van der Waals surface area contributed by atoms with Crippen molar-refractivity contribution >= 4 is 11.8 Å². The molecule has 0 saturated carbocycles. The third kappa shape index (κ3) is 5.18. The number of carbonyl (C=O) groups excluding carboxylic acids is 2. The quantitative estimate of drug-likeness (QED) is 0.497. The van der Waals surface area contributed by atoms with E-state index in [1.807, 2.05) is 0 Å². The number of hydrogen-bond donors (Lipinski definition) is 4. The van der Waals surface area contributed by atoms with Gasteiger partial charge in [-0.2, -0.15) is 13.2 Å². The fourth-order valence-electron chi connectivity index (χ4n) is 2.18. The van der Waals surface area contributed by atoms with E-state index < -0.39 is 55.0 Å². The van der Waals surface area contributed by atoms with Crippen molar-refractivity contribution in [2.75, 3.05) is 13.1 Å². The first-order valence-corrected chi connectivity index (χ1v) is 7.97. The number of imidazole rings is 1. The van der Waals surface area contributed by atoms with E-state index in [4.69, 9.17) is 5.73 Å². The molecule has 0 aliphatic rings. The first kappa shape index (κ1) is 21.9. The molecule has 0 aromatic carbocycles. The highest BCUT2D eigenvalue weighted by molar-refractivity contribution is 5.87. The average Bonchev–Trinajstić information content (AvgIpc) is 2.96. The number of carbonyl (C=O) groups is 2. The third-order valence-electron chi connectivity index (χ3n) is 3.91. The zero-order valence-electron chi connectivity index (χ0n) is 14.8. The van der Waals surface area contributed by atoms with Crippen molar-refractivity contribution in [3.05, 3.63) is 18.2 Å². The first-order chi connectivity index (χ1) is 11.9. The fraction of sp³-hybridized carbons (Fsp3) is 0.667. The van der Waals surface area contributed by atoms with Crippen molar-refractivity contribution < 1.29 is 27.9 Å². The monoisotopic (exact) mass is 379 g/mol. The molecule has 0 fully saturated rings. The van der Waals surface area contributed by atoms with Gasteiger partial charge in [0, 0.05) is 32.4 Å². The SMILES string of the molecule is CC(C)[C@H](N)C(=O)NCC(=O)NCCC(O)(c1nccn1C)C(F)(F)F. The van der Waals surface area contributed by atoms with Gasteiger partial charge in [0.05, 0.1) is 12.6 Å². The van der Waals surface area contributed by atoms with E-state index in [1.54, 1.807) is 13.8 Å². The Morgan fingerprint density at radius 1 is 1.35 bits per heavy atom. The molecular weight excluding hydrogens is 355 g/mol. The zero-order valence-corrected chi connectivity index (χ0v) is 14.8. The second kappa shape index (κ2) is 8.49. The van der Waals surface area contributed by atoms with Crippen molar-refractivity contribution in [3.8, 4) is 0 Å².